The molecule has 3 aromatic carbocycles. The molecule has 49 heavy (non-hydrogen) atoms. The van der Waals surface area contributed by atoms with Crippen molar-refractivity contribution in [3.05, 3.63) is 101 Å². The van der Waals surface area contributed by atoms with E-state index in [1.54, 1.807) is 44.1 Å². The molecule has 0 aliphatic heterocycles. The van der Waals surface area contributed by atoms with E-state index in [4.69, 9.17) is 30.5 Å². The highest BCUT2D eigenvalue weighted by Gasteiger charge is 2.38. The van der Waals surface area contributed by atoms with Gasteiger partial charge in [-0.1, -0.05) is 42.5 Å². The Bertz CT molecular complexity index is 1810. The van der Waals surface area contributed by atoms with Crippen molar-refractivity contribution >= 4 is 29.1 Å². The highest BCUT2D eigenvalue weighted by Crippen LogP contribution is 2.38. The summed E-state index contributed by atoms with van der Waals surface area (Å²) >= 11 is 0. The van der Waals surface area contributed by atoms with Gasteiger partial charge in [0.15, 0.2) is 0 Å². The van der Waals surface area contributed by atoms with Crippen molar-refractivity contribution in [3.8, 4) is 23.3 Å². The number of hydrogen-bond donors (Lipinski definition) is 5. The molecule has 0 spiro atoms. The Morgan fingerprint density at radius 3 is 2.12 bits per heavy atom. The molecule has 1 aromatic heterocycles. The van der Waals surface area contributed by atoms with Crippen molar-refractivity contribution in [3.63, 3.8) is 0 Å². The molecule has 260 valence electrons. The van der Waals surface area contributed by atoms with Gasteiger partial charge in [-0.15, -0.1) is 0 Å². The summed E-state index contributed by atoms with van der Waals surface area (Å²) in [5.74, 6) is -7.96. The summed E-state index contributed by atoms with van der Waals surface area (Å²) in [6.45, 7) is 1.78. The predicted molar refractivity (Wildman–Crippen MR) is 171 cm³/mol. The number of halogens is 5. The molecule has 16 heteroatoms. The SMILES string of the molecule is CC(CCc1ccccc1)Nc1c(F)c(Oc2cccc(C(=N)N)c2)nc(Oc2ccc(N(C)C)cc2C(=O)O)c1F.O=C(O)C(F)(F)F. The number of nitrogens with one attached hydrogen (secondary N) is 2. The maximum absolute atomic E-state index is 15.8. The molecule has 0 saturated carbocycles. The number of aromatic nitrogens is 1. The van der Waals surface area contributed by atoms with Crippen LogP contribution in [-0.4, -0.2) is 59.3 Å². The molecule has 0 aliphatic rings. The van der Waals surface area contributed by atoms with Crippen LogP contribution in [0.25, 0.3) is 0 Å². The van der Waals surface area contributed by atoms with Crippen molar-refractivity contribution in [2.75, 3.05) is 24.3 Å². The Kier molecular flexibility index (Phi) is 12.4. The van der Waals surface area contributed by atoms with E-state index in [0.717, 1.165) is 5.56 Å². The zero-order valence-corrected chi connectivity index (χ0v) is 26.3. The minimum atomic E-state index is -5.08. The van der Waals surface area contributed by atoms with Gasteiger partial charge in [0.1, 0.15) is 28.6 Å². The number of aryl methyl sites for hydroxylation is 1. The number of rotatable bonds is 12. The Morgan fingerprint density at radius 1 is 0.959 bits per heavy atom. The van der Waals surface area contributed by atoms with Gasteiger partial charge in [-0.05, 0) is 55.7 Å². The fourth-order valence-corrected chi connectivity index (χ4v) is 4.10. The smallest absolute Gasteiger partial charge is 0.478 e. The number of anilines is 2. The first-order valence-electron chi connectivity index (χ1n) is 14.3. The van der Waals surface area contributed by atoms with E-state index >= 15 is 8.78 Å². The van der Waals surface area contributed by atoms with Crippen molar-refractivity contribution in [1.82, 2.24) is 4.98 Å². The fourth-order valence-electron chi connectivity index (χ4n) is 4.10. The van der Waals surface area contributed by atoms with Crippen LogP contribution < -0.4 is 25.4 Å². The number of nitrogens with two attached hydrogens (primary N) is 1. The molecule has 0 bridgehead atoms. The van der Waals surface area contributed by atoms with Gasteiger partial charge < -0.3 is 35.6 Å². The van der Waals surface area contributed by atoms with Crippen LogP contribution in [0.1, 0.15) is 34.8 Å². The highest BCUT2D eigenvalue weighted by atomic mass is 19.4. The first-order chi connectivity index (χ1) is 23.0. The number of carboxylic acids is 2. The van der Waals surface area contributed by atoms with E-state index < -0.39 is 47.2 Å². The number of carbonyl (C=O) groups is 2. The van der Waals surface area contributed by atoms with E-state index in [1.807, 2.05) is 30.3 Å². The zero-order chi connectivity index (χ0) is 36.5. The van der Waals surface area contributed by atoms with Crippen LogP contribution in [0.5, 0.6) is 23.3 Å². The van der Waals surface area contributed by atoms with Crippen LogP contribution in [0.3, 0.4) is 0 Å². The number of alkyl halides is 3. The van der Waals surface area contributed by atoms with Crippen LogP contribution in [0.15, 0.2) is 72.8 Å². The summed E-state index contributed by atoms with van der Waals surface area (Å²) in [4.78, 5) is 26.5. The minimum Gasteiger partial charge on any atom is -0.478 e. The first kappa shape index (κ1) is 37.5. The van der Waals surface area contributed by atoms with Gasteiger partial charge >= 0.3 is 18.1 Å². The number of nitrogen functional groups attached to an aromatic ring is 1. The summed E-state index contributed by atoms with van der Waals surface area (Å²) in [5, 5.41) is 27.4. The van der Waals surface area contributed by atoms with Crippen LogP contribution >= 0.6 is 0 Å². The summed E-state index contributed by atoms with van der Waals surface area (Å²) in [5.41, 5.74) is 6.75. The second-order valence-electron chi connectivity index (χ2n) is 10.6. The third-order valence-corrected chi connectivity index (χ3v) is 6.64. The normalized spacial score (nSPS) is 11.4. The molecule has 1 atom stereocenters. The number of amidine groups is 1. The summed E-state index contributed by atoms with van der Waals surface area (Å²) < 4.78 is 74.6. The maximum atomic E-state index is 15.8. The number of pyridine rings is 1. The first-order valence-corrected chi connectivity index (χ1v) is 14.3. The van der Waals surface area contributed by atoms with Crippen molar-refractivity contribution in [2.45, 2.75) is 32.0 Å². The molecule has 0 fully saturated rings. The molecule has 4 rings (SSSR count). The highest BCUT2D eigenvalue weighted by molar-refractivity contribution is 5.95. The predicted octanol–water partition coefficient (Wildman–Crippen LogP) is 7.06. The zero-order valence-electron chi connectivity index (χ0n) is 26.3. The van der Waals surface area contributed by atoms with Gasteiger partial charge in [0.05, 0.1) is 0 Å². The van der Waals surface area contributed by atoms with Gasteiger partial charge in [-0.3, -0.25) is 5.41 Å². The van der Waals surface area contributed by atoms with E-state index in [-0.39, 0.29) is 28.9 Å². The summed E-state index contributed by atoms with van der Waals surface area (Å²) in [7, 11) is 3.48. The Morgan fingerprint density at radius 2 is 1.57 bits per heavy atom. The Labute approximate surface area is 277 Å². The van der Waals surface area contributed by atoms with Gasteiger partial charge in [-0.25, -0.2) is 9.59 Å². The third-order valence-electron chi connectivity index (χ3n) is 6.64. The maximum Gasteiger partial charge on any atom is 0.490 e. The quantitative estimate of drug-likeness (QED) is 0.0589. The average Bonchev–Trinajstić information content (AvgIpc) is 3.04. The van der Waals surface area contributed by atoms with E-state index in [9.17, 15) is 23.1 Å². The van der Waals surface area contributed by atoms with Crippen molar-refractivity contribution in [2.24, 2.45) is 5.73 Å². The number of carboxylic acid groups (broad SMARTS) is 2. The molecule has 4 aromatic rings. The van der Waals surface area contributed by atoms with Gasteiger partial charge in [-0.2, -0.15) is 26.9 Å². The molecular weight excluding hydrogens is 657 g/mol. The second kappa shape index (κ2) is 16.3. The van der Waals surface area contributed by atoms with Crippen LogP contribution in [0, 0.1) is 17.0 Å². The topological polar surface area (TPSA) is 171 Å². The lowest BCUT2D eigenvalue weighted by atomic mass is 10.1. The molecule has 11 nitrogen and oxygen atoms in total. The molecule has 0 aliphatic carbocycles. The lowest BCUT2D eigenvalue weighted by Crippen LogP contribution is -2.21. The minimum absolute atomic E-state index is 0.0938. The summed E-state index contributed by atoms with van der Waals surface area (Å²) in [6, 6.07) is 19.7. The Balaban J connectivity index is 0.000000838. The van der Waals surface area contributed by atoms with Gasteiger partial charge in [0, 0.05) is 31.4 Å². The number of benzene rings is 3. The van der Waals surface area contributed by atoms with Crippen molar-refractivity contribution in [1.29, 1.82) is 5.41 Å². The molecule has 0 radical (unpaired) electrons. The molecule has 1 heterocycles. The molecular formula is C33H32F5N5O6. The number of aliphatic carboxylic acids is 1. The number of aromatic carboxylic acids is 1. The molecule has 1 unspecified atom stereocenters. The average molecular weight is 690 g/mol. The standard InChI is InChI=1S/C31H31F2N5O4.C2HF3O2/c1-18(12-13-19-8-5-4-6-9-19)36-27-25(32)29(41-22-11-7-10-20(16-22)28(34)35)37-30(26(27)33)42-24-15-14-21(38(2)3)17-23(24)31(39)40;3-2(4,5)1(6)7/h4-11,14-18H,12-13H2,1-3H3,(H3,34,35)(H,36,37)(H,39,40);(H,6,7). The number of ether oxygens (including phenoxy) is 2. The van der Waals surface area contributed by atoms with E-state index in [2.05, 4.69) is 10.3 Å². The molecule has 0 amide bonds. The largest absolute Gasteiger partial charge is 0.490 e. The van der Waals surface area contributed by atoms with Crippen LogP contribution in [0.4, 0.5) is 33.3 Å². The lowest BCUT2D eigenvalue weighted by Gasteiger charge is -2.20. The van der Waals surface area contributed by atoms with Gasteiger partial charge in [0.2, 0.25) is 11.6 Å². The molecule has 0 saturated heterocycles. The van der Waals surface area contributed by atoms with Crippen LogP contribution in [-0.2, 0) is 11.2 Å². The monoisotopic (exact) mass is 689 g/mol. The van der Waals surface area contributed by atoms with E-state index in [0.29, 0.717) is 24.1 Å². The third kappa shape index (κ3) is 10.5. The van der Waals surface area contributed by atoms with Crippen LogP contribution in [0.2, 0.25) is 0 Å². The number of nitrogens with zero attached hydrogens (tertiary/aromatic N) is 2. The van der Waals surface area contributed by atoms with Crippen molar-refractivity contribution < 1.29 is 51.2 Å². The Hall–Kier alpha value is -5.93. The fraction of sp³-hybridized carbons (Fsp3) is 0.212. The number of hydrogen-bond acceptors (Lipinski definition) is 8. The second-order valence-corrected chi connectivity index (χ2v) is 10.6. The van der Waals surface area contributed by atoms with Gasteiger partial charge in [0.25, 0.3) is 11.8 Å². The molecule has 6 N–H and O–H groups in total. The lowest BCUT2D eigenvalue weighted by molar-refractivity contribution is -0.192. The summed E-state index contributed by atoms with van der Waals surface area (Å²) in [6.07, 6.45) is -3.87. The van der Waals surface area contributed by atoms with E-state index in [1.165, 1.54) is 24.3 Å².